The first kappa shape index (κ1) is 15.3. The maximum atomic E-state index is 12.1. The molecule has 0 atom stereocenters. The monoisotopic (exact) mass is 326 g/mol. The average molecular weight is 327 g/mol. The fourth-order valence-corrected chi connectivity index (χ4v) is 2.66. The molecule has 0 N–H and O–H groups in total. The van der Waals surface area contributed by atoms with Crippen molar-refractivity contribution in [2.24, 2.45) is 0 Å². The summed E-state index contributed by atoms with van der Waals surface area (Å²) in [6.07, 6.45) is 0.625. The minimum Gasteiger partial charge on any atom is -0.493 e. The molecule has 0 radical (unpaired) electrons. The topological polar surface area (TPSA) is 69.7 Å². The lowest BCUT2D eigenvalue weighted by Crippen LogP contribution is -2.10. The average Bonchev–Trinajstić information content (AvgIpc) is 2.47. The zero-order valence-corrected chi connectivity index (χ0v) is 12.5. The van der Waals surface area contributed by atoms with Crippen molar-refractivity contribution in [2.75, 3.05) is 7.11 Å². The predicted octanol–water partition coefficient (Wildman–Crippen LogP) is 2.93. The van der Waals surface area contributed by atoms with E-state index in [2.05, 4.69) is 0 Å². The standard InChI is InChI=1S/C14H11ClO5S/c1-19-14-8-10(9-16)2-7-13(14)20-21(17,18)12-5-3-11(15)4-6-12/h2-9H,1H3. The smallest absolute Gasteiger partial charge is 0.339 e. The van der Waals surface area contributed by atoms with Crippen molar-refractivity contribution in [3.63, 3.8) is 0 Å². The van der Waals surface area contributed by atoms with Gasteiger partial charge in [0.25, 0.3) is 0 Å². The molecule has 2 rings (SSSR count). The third-order valence-electron chi connectivity index (χ3n) is 2.63. The summed E-state index contributed by atoms with van der Waals surface area (Å²) in [6, 6.07) is 9.75. The van der Waals surface area contributed by atoms with Gasteiger partial charge >= 0.3 is 10.1 Å². The molecule has 21 heavy (non-hydrogen) atoms. The quantitative estimate of drug-likeness (QED) is 0.624. The fourth-order valence-electron chi connectivity index (χ4n) is 1.59. The second kappa shape index (κ2) is 6.15. The summed E-state index contributed by atoms with van der Waals surface area (Å²) >= 11 is 5.71. The molecule has 0 saturated carbocycles. The number of aldehydes is 1. The van der Waals surface area contributed by atoms with Crippen molar-refractivity contribution in [3.8, 4) is 11.5 Å². The summed E-state index contributed by atoms with van der Waals surface area (Å²) in [4.78, 5) is 10.7. The van der Waals surface area contributed by atoms with E-state index in [0.717, 1.165) is 0 Å². The van der Waals surface area contributed by atoms with Gasteiger partial charge in [0.15, 0.2) is 11.5 Å². The van der Waals surface area contributed by atoms with Crippen molar-refractivity contribution in [3.05, 3.63) is 53.1 Å². The second-order valence-corrected chi connectivity index (χ2v) is 6.00. The number of ether oxygens (including phenoxy) is 1. The minimum atomic E-state index is -4.01. The van der Waals surface area contributed by atoms with Gasteiger partial charge in [0.05, 0.1) is 7.11 Å². The third kappa shape index (κ3) is 3.53. The van der Waals surface area contributed by atoms with Crippen LogP contribution in [-0.4, -0.2) is 21.8 Å². The number of hydrogen-bond acceptors (Lipinski definition) is 5. The van der Waals surface area contributed by atoms with E-state index in [9.17, 15) is 13.2 Å². The van der Waals surface area contributed by atoms with Gasteiger partial charge in [-0.25, -0.2) is 0 Å². The van der Waals surface area contributed by atoms with Gasteiger partial charge in [-0.3, -0.25) is 4.79 Å². The molecule has 110 valence electrons. The Bertz CT molecular complexity index is 753. The zero-order valence-electron chi connectivity index (χ0n) is 10.9. The molecule has 0 saturated heterocycles. The van der Waals surface area contributed by atoms with E-state index in [4.69, 9.17) is 20.5 Å². The van der Waals surface area contributed by atoms with Gasteiger partial charge in [0.1, 0.15) is 11.2 Å². The fraction of sp³-hybridized carbons (Fsp3) is 0.0714. The summed E-state index contributed by atoms with van der Waals surface area (Å²) in [6.45, 7) is 0. The SMILES string of the molecule is COc1cc(C=O)ccc1OS(=O)(=O)c1ccc(Cl)cc1. The number of rotatable bonds is 5. The van der Waals surface area contributed by atoms with Crippen LogP contribution in [0.3, 0.4) is 0 Å². The van der Waals surface area contributed by atoms with Gasteiger partial charge in [-0.1, -0.05) is 11.6 Å². The molecule has 0 aromatic heterocycles. The molecule has 0 aliphatic rings. The molecule has 7 heteroatoms. The summed E-state index contributed by atoms with van der Waals surface area (Å²) in [5.41, 5.74) is 0.350. The molecular weight excluding hydrogens is 316 g/mol. The number of carbonyl (C=O) groups excluding carboxylic acids is 1. The normalized spacial score (nSPS) is 11.0. The number of carbonyl (C=O) groups is 1. The van der Waals surface area contributed by atoms with Crippen LogP contribution in [0.2, 0.25) is 5.02 Å². The van der Waals surface area contributed by atoms with Crippen molar-refractivity contribution in [2.45, 2.75) is 4.90 Å². The summed E-state index contributed by atoms with van der Waals surface area (Å²) in [5, 5.41) is 0.418. The maximum Gasteiger partial charge on any atom is 0.339 e. The molecule has 0 amide bonds. The van der Waals surface area contributed by atoms with Crippen molar-refractivity contribution < 1.29 is 22.1 Å². The molecule has 0 aliphatic carbocycles. The Morgan fingerprint density at radius 3 is 2.29 bits per heavy atom. The largest absolute Gasteiger partial charge is 0.493 e. The Kier molecular flexibility index (Phi) is 4.50. The molecule has 2 aromatic carbocycles. The lowest BCUT2D eigenvalue weighted by Gasteiger charge is -2.11. The van der Waals surface area contributed by atoms with Crippen molar-refractivity contribution in [1.29, 1.82) is 0 Å². The lowest BCUT2D eigenvalue weighted by molar-refractivity contribution is 0.112. The highest BCUT2D eigenvalue weighted by Gasteiger charge is 2.19. The van der Waals surface area contributed by atoms with Crippen LogP contribution in [0.4, 0.5) is 0 Å². The molecule has 5 nitrogen and oxygen atoms in total. The first-order chi connectivity index (χ1) is 9.96. The van der Waals surface area contributed by atoms with E-state index >= 15 is 0 Å². The number of hydrogen-bond donors (Lipinski definition) is 0. The van der Waals surface area contributed by atoms with Gasteiger partial charge in [-0.05, 0) is 42.5 Å². The Balaban J connectivity index is 2.36. The van der Waals surface area contributed by atoms with Crippen LogP contribution >= 0.6 is 11.6 Å². The van der Waals surface area contributed by atoms with E-state index in [-0.39, 0.29) is 16.4 Å². The van der Waals surface area contributed by atoms with Crippen LogP contribution in [0.1, 0.15) is 10.4 Å². The van der Waals surface area contributed by atoms with Crippen molar-refractivity contribution in [1.82, 2.24) is 0 Å². The molecule has 0 spiro atoms. The molecule has 0 bridgehead atoms. The molecule has 0 heterocycles. The van der Waals surface area contributed by atoms with Gasteiger partial charge in [-0.15, -0.1) is 0 Å². The van der Waals surface area contributed by atoms with E-state index < -0.39 is 10.1 Å². The predicted molar refractivity (Wildman–Crippen MR) is 77.6 cm³/mol. The number of halogens is 1. The summed E-state index contributed by atoms with van der Waals surface area (Å²) in [7, 11) is -2.66. The van der Waals surface area contributed by atoms with Gasteiger partial charge < -0.3 is 8.92 Å². The minimum absolute atomic E-state index is 0.00181. The van der Waals surface area contributed by atoms with Crippen molar-refractivity contribution >= 4 is 28.0 Å². The number of methoxy groups -OCH3 is 1. The Hall–Kier alpha value is -2.05. The van der Waals surface area contributed by atoms with Crippen LogP contribution in [0.15, 0.2) is 47.4 Å². The molecule has 2 aromatic rings. The zero-order chi connectivity index (χ0) is 15.5. The number of benzene rings is 2. The molecule has 0 aliphatic heterocycles. The van der Waals surface area contributed by atoms with E-state index in [1.807, 2.05) is 0 Å². The Morgan fingerprint density at radius 1 is 1.05 bits per heavy atom. The summed E-state index contributed by atoms with van der Waals surface area (Å²) in [5.74, 6) is 0.148. The highest BCUT2D eigenvalue weighted by atomic mass is 35.5. The van der Waals surface area contributed by atoms with Crippen LogP contribution < -0.4 is 8.92 Å². The van der Waals surface area contributed by atoms with Gasteiger partial charge in [0.2, 0.25) is 0 Å². The van der Waals surface area contributed by atoms with Crippen LogP contribution in [0.25, 0.3) is 0 Å². The van der Waals surface area contributed by atoms with E-state index in [0.29, 0.717) is 16.9 Å². The second-order valence-electron chi connectivity index (χ2n) is 4.02. The highest BCUT2D eigenvalue weighted by Crippen LogP contribution is 2.30. The third-order valence-corrected chi connectivity index (χ3v) is 4.13. The van der Waals surface area contributed by atoms with Crippen LogP contribution in [0, 0.1) is 0 Å². The molecule has 0 unspecified atom stereocenters. The Morgan fingerprint density at radius 2 is 1.71 bits per heavy atom. The Labute approximate surface area is 127 Å². The molecule has 0 fully saturated rings. The van der Waals surface area contributed by atoms with E-state index in [1.54, 1.807) is 0 Å². The first-order valence-electron chi connectivity index (χ1n) is 5.79. The highest BCUT2D eigenvalue weighted by molar-refractivity contribution is 7.87. The van der Waals surface area contributed by atoms with Crippen LogP contribution in [-0.2, 0) is 10.1 Å². The molecular formula is C14H11ClO5S. The van der Waals surface area contributed by atoms with Gasteiger partial charge in [-0.2, -0.15) is 8.42 Å². The van der Waals surface area contributed by atoms with Gasteiger partial charge in [0, 0.05) is 10.6 Å². The van der Waals surface area contributed by atoms with E-state index in [1.165, 1.54) is 49.6 Å². The van der Waals surface area contributed by atoms with Crippen LogP contribution in [0.5, 0.6) is 11.5 Å². The lowest BCUT2D eigenvalue weighted by atomic mass is 10.2. The summed E-state index contributed by atoms with van der Waals surface area (Å²) < 4.78 is 34.3. The first-order valence-corrected chi connectivity index (χ1v) is 7.58. The maximum absolute atomic E-state index is 12.1.